The first-order chi connectivity index (χ1) is 19.5. The lowest BCUT2D eigenvalue weighted by molar-refractivity contribution is -0.137. The molecule has 0 fully saturated rings. The predicted octanol–water partition coefficient (Wildman–Crippen LogP) is 5.94. The van der Waals surface area contributed by atoms with E-state index in [4.69, 9.17) is 4.74 Å². The molecule has 0 saturated carbocycles. The van der Waals surface area contributed by atoms with Crippen LogP contribution >= 0.6 is 11.8 Å². The third kappa shape index (κ3) is 8.61. The second kappa shape index (κ2) is 14.4. The van der Waals surface area contributed by atoms with Gasteiger partial charge in [0.05, 0.1) is 12.9 Å². The summed E-state index contributed by atoms with van der Waals surface area (Å²) in [5, 5.41) is 5.57. The topological polar surface area (TPSA) is 93.7 Å². The van der Waals surface area contributed by atoms with Crippen molar-refractivity contribution in [3.63, 3.8) is 0 Å². The van der Waals surface area contributed by atoms with Crippen molar-refractivity contribution in [3.8, 4) is 5.75 Å². The highest BCUT2D eigenvalue weighted by atomic mass is 32.2. The largest absolute Gasteiger partial charge is 0.489 e. The van der Waals surface area contributed by atoms with Gasteiger partial charge in [0.15, 0.2) is 0 Å². The number of amides is 2. The van der Waals surface area contributed by atoms with Crippen molar-refractivity contribution in [2.24, 2.45) is 0 Å². The Labute approximate surface area is 237 Å². The summed E-state index contributed by atoms with van der Waals surface area (Å²) in [7, 11) is 1.34. The number of thioether (sulfide) groups is 1. The van der Waals surface area contributed by atoms with E-state index in [-0.39, 0.29) is 17.4 Å². The van der Waals surface area contributed by atoms with Crippen LogP contribution in [0, 0.1) is 0 Å². The zero-order chi connectivity index (χ0) is 28.2. The molecule has 0 aliphatic rings. The summed E-state index contributed by atoms with van der Waals surface area (Å²) in [4.78, 5) is 38.5. The number of nitrogens with one attached hydrogen (secondary N) is 2. The van der Waals surface area contributed by atoms with E-state index in [9.17, 15) is 14.4 Å². The van der Waals surface area contributed by atoms with E-state index in [1.165, 1.54) is 18.9 Å². The molecular weight excluding hydrogens is 524 g/mol. The number of esters is 1. The van der Waals surface area contributed by atoms with Gasteiger partial charge in [0, 0.05) is 16.1 Å². The average Bonchev–Trinajstić information content (AvgIpc) is 3.00. The first-order valence-corrected chi connectivity index (χ1v) is 13.4. The van der Waals surface area contributed by atoms with Crippen LogP contribution in [0.1, 0.15) is 21.5 Å². The minimum Gasteiger partial charge on any atom is -0.489 e. The van der Waals surface area contributed by atoms with Crippen LogP contribution in [-0.2, 0) is 20.9 Å². The fourth-order valence-electron chi connectivity index (χ4n) is 3.57. The van der Waals surface area contributed by atoms with E-state index in [0.717, 1.165) is 10.5 Å². The molecular formula is C32H28N2O5S. The fraction of sp³-hybridized carbons (Fsp3) is 0.0938. The molecule has 0 aromatic heterocycles. The number of carbonyl (C=O) groups excluding carboxylic acids is 3. The van der Waals surface area contributed by atoms with Gasteiger partial charge in [-0.2, -0.15) is 0 Å². The fourth-order valence-corrected chi connectivity index (χ4v) is 4.36. The van der Waals surface area contributed by atoms with Crippen molar-refractivity contribution in [2.75, 3.05) is 18.2 Å². The van der Waals surface area contributed by atoms with Crippen LogP contribution in [0.2, 0.25) is 0 Å². The van der Waals surface area contributed by atoms with Crippen molar-refractivity contribution in [1.82, 2.24) is 5.32 Å². The van der Waals surface area contributed by atoms with Gasteiger partial charge in [-0.15, -0.1) is 11.8 Å². The molecule has 0 aliphatic heterocycles. The van der Waals surface area contributed by atoms with E-state index in [1.807, 2.05) is 66.7 Å². The monoisotopic (exact) mass is 552 g/mol. The Morgan fingerprint density at radius 1 is 0.825 bits per heavy atom. The van der Waals surface area contributed by atoms with Gasteiger partial charge in [0.2, 0.25) is 0 Å². The summed E-state index contributed by atoms with van der Waals surface area (Å²) in [5.74, 6) is -0.417. The molecule has 0 atom stereocenters. The van der Waals surface area contributed by atoms with Crippen LogP contribution in [0.4, 0.5) is 5.69 Å². The van der Waals surface area contributed by atoms with Crippen molar-refractivity contribution in [3.05, 3.63) is 132 Å². The van der Waals surface area contributed by atoms with Crippen molar-refractivity contribution >= 4 is 41.3 Å². The second-order valence-corrected chi connectivity index (χ2v) is 9.62. The number of hydrogen-bond acceptors (Lipinski definition) is 6. The van der Waals surface area contributed by atoms with Crippen LogP contribution < -0.4 is 15.4 Å². The SMILES string of the molecule is COC(=O)CSc1cccc(NC(=O)/C(=C\c2ccc(OCc3ccccc3)cc2)NC(=O)c2ccccc2)c1. The van der Waals surface area contributed by atoms with E-state index in [2.05, 4.69) is 15.4 Å². The molecule has 0 radical (unpaired) electrons. The maximum absolute atomic E-state index is 13.3. The molecule has 4 aromatic carbocycles. The Morgan fingerprint density at radius 3 is 2.23 bits per heavy atom. The lowest BCUT2D eigenvalue weighted by Gasteiger charge is -2.12. The van der Waals surface area contributed by atoms with Gasteiger partial charge < -0.3 is 20.1 Å². The smallest absolute Gasteiger partial charge is 0.315 e. The van der Waals surface area contributed by atoms with Crippen molar-refractivity contribution in [2.45, 2.75) is 11.5 Å². The van der Waals surface area contributed by atoms with Crippen LogP contribution in [0.15, 0.2) is 120 Å². The minimum absolute atomic E-state index is 0.0689. The second-order valence-electron chi connectivity index (χ2n) is 8.57. The lowest BCUT2D eigenvalue weighted by Crippen LogP contribution is -2.30. The van der Waals surface area contributed by atoms with Gasteiger partial charge in [0.1, 0.15) is 18.1 Å². The molecule has 4 aromatic rings. The summed E-state index contributed by atoms with van der Waals surface area (Å²) >= 11 is 1.30. The third-order valence-corrected chi connectivity index (χ3v) is 6.61. The molecule has 0 spiro atoms. The summed E-state index contributed by atoms with van der Waals surface area (Å²) in [6, 6.07) is 32.9. The number of hydrogen-bond donors (Lipinski definition) is 2. The molecule has 0 heterocycles. The summed E-state index contributed by atoms with van der Waals surface area (Å²) < 4.78 is 10.5. The maximum atomic E-state index is 13.3. The molecule has 8 heteroatoms. The van der Waals surface area contributed by atoms with E-state index >= 15 is 0 Å². The quantitative estimate of drug-likeness (QED) is 0.136. The normalized spacial score (nSPS) is 10.9. The zero-order valence-electron chi connectivity index (χ0n) is 21.8. The van der Waals surface area contributed by atoms with E-state index < -0.39 is 11.8 Å². The first kappa shape index (κ1) is 28.2. The predicted molar refractivity (Wildman–Crippen MR) is 157 cm³/mol. The molecule has 0 bridgehead atoms. The average molecular weight is 553 g/mol. The molecule has 2 amide bonds. The molecule has 4 rings (SSSR count). The highest BCUT2D eigenvalue weighted by Crippen LogP contribution is 2.22. The van der Waals surface area contributed by atoms with E-state index in [1.54, 1.807) is 48.5 Å². The zero-order valence-corrected chi connectivity index (χ0v) is 22.6. The Bertz CT molecular complexity index is 1470. The standard InChI is InChI=1S/C32H28N2O5S/c1-38-30(35)22-40-28-14-8-13-26(20-28)33-32(37)29(34-31(36)25-11-6-3-7-12-25)19-23-15-17-27(18-16-23)39-21-24-9-4-2-5-10-24/h2-20H,21-22H2,1H3,(H,33,37)(H,34,36)/b29-19+. The number of carbonyl (C=O) groups is 3. The van der Waals surface area contributed by atoms with Gasteiger partial charge in [-0.25, -0.2) is 0 Å². The molecule has 0 unspecified atom stereocenters. The number of ether oxygens (including phenoxy) is 2. The van der Waals surface area contributed by atoms with Crippen molar-refractivity contribution in [1.29, 1.82) is 0 Å². The number of rotatable bonds is 11. The number of anilines is 1. The first-order valence-electron chi connectivity index (χ1n) is 12.5. The highest BCUT2D eigenvalue weighted by Gasteiger charge is 2.15. The molecule has 0 aliphatic carbocycles. The summed E-state index contributed by atoms with van der Waals surface area (Å²) in [6.07, 6.45) is 1.60. The van der Waals surface area contributed by atoms with Gasteiger partial charge in [-0.3, -0.25) is 14.4 Å². The summed E-state index contributed by atoms with van der Waals surface area (Å²) in [6.45, 7) is 0.438. The number of methoxy groups -OCH3 is 1. The van der Waals surface area contributed by atoms with Crippen LogP contribution in [0.5, 0.6) is 5.75 Å². The van der Waals surface area contributed by atoms with Crippen LogP contribution in [-0.4, -0.2) is 30.6 Å². The van der Waals surface area contributed by atoms with Gasteiger partial charge >= 0.3 is 5.97 Å². The molecule has 7 nitrogen and oxygen atoms in total. The third-order valence-electron chi connectivity index (χ3n) is 5.64. The Hall–Kier alpha value is -4.82. The molecule has 40 heavy (non-hydrogen) atoms. The number of benzene rings is 4. The van der Waals surface area contributed by atoms with Crippen LogP contribution in [0.25, 0.3) is 6.08 Å². The molecule has 0 saturated heterocycles. The Kier molecular flexibility index (Phi) is 10.1. The lowest BCUT2D eigenvalue weighted by atomic mass is 10.1. The van der Waals surface area contributed by atoms with Gasteiger partial charge in [-0.05, 0) is 59.7 Å². The van der Waals surface area contributed by atoms with Gasteiger partial charge in [0.25, 0.3) is 11.8 Å². The maximum Gasteiger partial charge on any atom is 0.315 e. The van der Waals surface area contributed by atoms with Gasteiger partial charge in [-0.1, -0.05) is 66.7 Å². The Morgan fingerprint density at radius 2 is 1.52 bits per heavy atom. The minimum atomic E-state index is -0.496. The molecule has 202 valence electrons. The summed E-state index contributed by atoms with van der Waals surface area (Å²) in [5.41, 5.74) is 2.77. The molecule has 2 N–H and O–H groups in total. The van der Waals surface area contributed by atoms with Crippen LogP contribution in [0.3, 0.4) is 0 Å². The Balaban J connectivity index is 1.50. The van der Waals surface area contributed by atoms with Crippen molar-refractivity contribution < 1.29 is 23.9 Å². The highest BCUT2D eigenvalue weighted by molar-refractivity contribution is 8.00. The van der Waals surface area contributed by atoms with E-state index in [0.29, 0.717) is 29.2 Å².